The number of methoxy groups -OCH3 is 1. The second kappa shape index (κ2) is 6.62. The molecule has 1 aromatic carbocycles. The molecule has 0 aliphatic carbocycles. The largest absolute Gasteiger partial charge is 0.496 e. The van der Waals surface area contributed by atoms with Crippen LogP contribution < -0.4 is 10.5 Å². The fourth-order valence-electron chi connectivity index (χ4n) is 1.92. The van der Waals surface area contributed by atoms with E-state index in [2.05, 4.69) is 19.9 Å². The molecule has 3 N–H and O–H groups in total. The minimum Gasteiger partial charge on any atom is -0.496 e. The highest BCUT2D eigenvalue weighted by Crippen LogP contribution is 2.28. The molecule has 0 bridgehead atoms. The van der Waals surface area contributed by atoms with Crippen LogP contribution in [0.1, 0.15) is 30.9 Å². The van der Waals surface area contributed by atoms with E-state index in [0.29, 0.717) is 12.5 Å². The molecule has 0 saturated heterocycles. The van der Waals surface area contributed by atoms with Crippen LogP contribution in [-0.2, 0) is 6.42 Å². The highest BCUT2D eigenvalue weighted by atomic mass is 16.5. The molecular formula is C14H23NO2. The quantitative estimate of drug-likeness (QED) is 0.795. The first-order valence-corrected chi connectivity index (χ1v) is 6.10. The third-order valence-electron chi connectivity index (χ3n) is 3.03. The number of hydrogen-bond donors (Lipinski definition) is 2. The summed E-state index contributed by atoms with van der Waals surface area (Å²) >= 11 is 0. The molecule has 1 aromatic rings. The molecule has 0 spiro atoms. The van der Waals surface area contributed by atoms with Crippen LogP contribution >= 0.6 is 0 Å². The van der Waals surface area contributed by atoms with Gasteiger partial charge in [0.1, 0.15) is 5.75 Å². The molecule has 3 heteroatoms. The molecule has 0 radical (unpaired) electrons. The maximum absolute atomic E-state index is 9.16. The van der Waals surface area contributed by atoms with E-state index < -0.39 is 0 Å². The zero-order valence-corrected chi connectivity index (χ0v) is 10.9. The molecule has 3 nitrogen and oxygen atoms in total. The Labute approximate surface area is 104 Å². The summed E-state index contributed by atoms with van der Waals surface area (Å²) in [5, 5.41) is 9.16. The summed E-state index contributed by atoms with van der Waals surface area (Å²) in [6.07, 6.45) is 0.816. The van der Waals surface area contributed by atoms with Gasteiger partial charge in [-0.3, -0.25) is 0 Å². The number of hydrogen-bond acceptors (Lipinski definition) is 3. The summed E-state index contributed by atoms with van der Waals surface area (Å²) in [5.41, 5.74) is 8.01. The first-order chi connectivity index (χ1) is 8.12. The lowest BCUT2D eigenvalue weighted by Crippen LogP contribution is -2.20. The molecule has 0 aliphatic rings. The first-order valence-electron chi connectivity index (χ1n) is 6.10. The Hall–Kier alpha value is -1.06. The molecule has 1 unspecified atom stereocenters. The molecule has 0 aliphatic heterocycles. The molecule has 0 heterocycles. The van der Waals surface area contributed by atoms with Gasteiger partial charge in [0.15, 0.2) is 0 Å². The van der Waals surface area contributed by atoms with Gasteiger partial charge in [-0.2, -0.15) is 0 Å². The predicted molar refractivity (Wildman–Crippen MR) is 70.4 cm³/mol. The maximum atomic E-state index is 9.16. The van der Waals surface area contributed by atoms with Crippen molar-refractivity contribution in [2.24, 2.45) is 11.7 Å². The number of aliphatic hydroxyl groups excluding tert-OH is 1. The van der Waals surface area contributed by atoms with Crippen LogP contribution in [0.2, 0.25) is 0 Å². The molecule has 1 rings (SSSR count). The Morgan fingerprint density at radius 1 is 1.35 bits per heavy atom. The molecular weight excluding hydrogens is 214 g/mol. The second-order valence-electron chi connectivity index (χ2n) is 4.72. The minimum atomic E-state index is 0.138. The Balaban J connectivity index is 2.91. The molecule has 0 amide bonds. The van der Waals surface area contributed by atoms with Gasteiger partial charge in [-0.1, -0.05) is 26.0 Å². The van der Waals surface area contributed by atoms with Crippen molar-refractivity contribution in [1.29, 1.82) is 0 Å². The van der Waals surface area contributed by atoms with Crippen molar-refractivity contribution in [3.05, 3.63) is 29.3 Å². The summed E-state index contributed by atoms with van der Waals surface area (Å²) < 4.78 is 5.35. The van der Waals surface area contributed by atoms with E-state index in [0.717, 1.165) is 12.2 Å². The molecule has 0 fully saturated rings. The van der Waals surface area contributed by atoms with Gasteiger partial charge < -0.3 is 15.6 Å². The monoisotopic (exact) mass is 237 g/mol. The summed E-state index contributed by atoms with van der Waals surface area (Å²) in [6.45, 7) is 4.95. The Morgan fingerprint density at radius 2 is 2.06 bits per heavy atom. The van der Waals surface area contributed by atoms with E-state index >= 15 is 0 Å². The van der Waals surface area contributed by atoms with Gasteiger partial charge in [0.25, 0.3) is 0 Å². The van der Waals surface area contributed by atoms with E-state index in [1.165, 1.54) is 11.1 Å². The SMILES string of the molecule is COc1ccc(CC(CN)CO)cc1C(C)C. The van der Waals surface area contributed by atoms with Crippen molar-refractivity contribution in [3.8, 4) is 5.75 Å². The zero-order chi connectivity index (χ0) is 12.8. The van der Waals surface area contributed by atoms with Gasteiger partial charge in [-0.25, -0.2) is 0 Å². The third-order valence-corrected chi connectivity index (χ3v) is 3.03. The topological polar surface area (TPSA) is 55.5 Å². The third kappa shape index (κ3) is 3.72. The van der Waals surface area contributed by atoms with E-state index in [9.17, 15) is 0 Å². The average Bonchev–Trinajstić information content (AvgIpc) is 2.35. The number of rotatable bonds is 6. The van der Waals surface area contributed by atoms with Crippen LogP contribution in [0.3, 0.4) is 0 Å². The van der Waals surface area contributed by atoms with Crippen molar-refractivity contribution in [3.63, 3.8) is 0 Å². The van der Waals surface area contributed by atoms with Crippen molar-refractivity contribution in [2.75, 3.05) is 20.3 Å². The van der Waals surface area contributed by atoms with Crippen LogP contribution in [0.15, 0.2) is 18.2 Å². The second-order valence-corrected chi connectivity index (χ2v) is 4.72. The van der Waals surface area contributed by atoms with Crippen molar-refractivity contribution in [2.45, 2.75) is 26.2 Å². The summed E-state index contributed by atoms with van der Waals surface area (Å²) in [6, 6.07) is 6.19. The van der Waals surface area contributed by atoms with Crippen molar-refractivity contribution >= 4 is 0 Å². The van der Waals surface area contributed by atoms with E-state index in [1.54, 1.807) is 7.11 Å². The van der Waals surface area contributed by atoms with Gasteiger partial charge >= 0.3 is 0 Å². The summed E-state index contributed by atoms with van der Waals surface area (Å²) in [7, 11) is 1.69. The number of nitrogens with two attached hydrogens (primary N) is 1. The Morgan fingerprint density at radius 3 is 2.53 bits per heavy atom. The van der Waals surface area contributed by atoms with E-state index in [-0.39, 0.29) is 12.5 Å². The van der Waals surface area contributed by atoms with Crippen molar-refractivity contribution in [1.82, 2.24) is 0 Å². The van der Waals surface area contributed by atoms with E-state index in [1.807, 2.05) is 12.1 Å². The lowest BCUT2D eigenvalue weighted by molar-refractivity contribution is 0.230. The minimum absolute atomic E-state index is 0.138. The van der Waals surface area contributed by atoms with Gasteiger partial charge in [0.05, 0.1) is 7.11 Å². The Bertz CT molecular complexity index is 346. The van der Waals surface area contributed by atoms with Gasteiger partial charge in [-0.15, -0.1) is 0 Å². The molecule has 96 valence electrons. The smallest absolute Gasteiger partial charge is 0.122 e. The predicted octanol–water partition coefficient (Wildman–Crippen LogP) is 1.93. The van der Waals surface area contributed by atoms with Crippen LogP contribution in [-0.4, -0.2) is 25.4 Å². The van der Waals surface area contributed by atoms with Crippen LogP contribution in [0.25, 0.3) is 0 Å². The fourth-order valence-corrected chi connectivity index (χ4v) is 1.92. The van der Waals surface area contributed by atoms with Crippen molar-refractivity contribution < 1.29 is 9.84 Å². The molecule has 0 saturated carbocycles. The van der Waals surface area contributed by atoms with Gasteiger partial charge in [0.2, 0.25) is 0 Å². The average molecular weight is 237 g/mol. The van der Waals surface area contributed by atoms with Gasteiger partial charge in [-0.05, 0) is 42.0 Å². The molecule has 1 atom stereocenters. The standard InChI is InChI=1S/C14H23NO2/c1-10(2)13-7-11(4-5-14(13)17-3)6-12(8-15)9-16/h4-5,7,10,12,16H,6,8-9,15H2,1-3H3. The number of aliphatic hydroxyl groups is 1. The van der Waals surface area contributed by atoms with Gasteiger partial charge in [0, 0.05) is 6.61 Å². The normalized spacial score (nSPS) is 12.8. The summed E-state index contributed by atoms with van der Waals surface area (Å²) in [4.78, 5) is 0. The zero-order valence-electron chi connectivity index (χ0n) is 10.9. The fraction of sp³-hybridized carbons (Fsp3) is 0.571. The summed E-state index contributed by atoms with van der Waals surface area (Å²) in [5.74, 6) is 1.50. The molecule has 0 aromatic heterocycles. The lowest BCUT2D eigenvalue weighted by Gasteiger charge is -2.16. The highest BCUT2D eigenvalue weighted by molar-refractivity contribution is 5.39. The van der Waals surface area contributed by atoms with Crippen LogP contribution in [0.5, 0.6) is 5.75 Å². The maximum Gasteiger partial charge on any atom is 0.122 e. The highest BCUT2D eigenvalue weighted by Gasteiger charge is 2.11. The first kappa shape index (κ1) is 14.0. The van der Waals surface area contributed by atoms with Crippen LogP contribution in [0.4, 0.5) is 0 Å². The number of benzene rings is 1. The van der Waals surface area contributed by atoms with Crippen LogP contribution in [0, 0.1) is 5.92 Å². The lowest BCUT2D eigenvalue weighted by atomic mass is 9.94. The molecule has 17 heavy (non-hydrogen) atoms. The van der Waals surface area contributed by atoms with E-state index in [4.69, 9.17) is 15.6 Å². The Kier molecular flexibility index (Phi) is 5.45. The number of ether oxygens (including phenoxy) is 1.